The van der Waals surface area contributed by atoms with E-state index in [-0.39, 0.29) is 18.1 Å². The number of benzene rings is 1. The van der Waals surface area contributed by atoms with Gasteiger partial charge in [-0.3, -0.25) is 4.79 Å². The fraction of sp³-hybridized carbons (Fsp3) is 0.632. The van der Waals surface area contributed by atoms with Gasteiger partial charge in [0.2, 0.25) is 5.91 Å². The first-order chi connectivity index (χ1) is 11.8. The van der Waals surface area contributed by atoms with E-state index in [0.717, 1.165) is 55.7 Å². The molecule has 1 aliphatic heterocycles. The molecule has 0 radical (unpaired) electrons. The number of para-hydroxylation sites is 1. The number of carbonyl (C=O) groups is 1. The topological polar surface area (TPSA) is 59.6 Å². The van der Waals surface area contributed by atoms with Gasteiger partial charge in [-0.15, -0.1) is 0 Å². The van der Waals surface area contributed by atoms with Crippen molar-refractivity contribution in [3.8, 4) is 11.5 Å². The van der Waals surface area contributed by atoms with E-state index >= 15 is 0 Å². The standard InChI is InChI=1S/C19H28N2O3/c1-23-17-11-6-7-14(18(17)24-15-8-2-3-9-15)13-21-19(22)16-10-4-5-12-20-16/h6-7,11,15-16,20H,2-5,8-10,12-13H2,1H3,(H,21,22). The minimum Gasteiger partial charge on any atom is -0.493 e. The molecule has 5 nitrogen and oxygen atoms in total. The van der Waals surface area contributed by atoms with Crippen LogP contribution in [-0.4, -0.2) is 31.7 Å². The third-order valence-electron chi connectivity index (χ3n) is 4.95. The predicted molar refractivity (Wildman–Crippen MR) is 93.4 cm³/mol. The molecule has 132 valence electrons. The summed E-state index contributed by atoms with van der Waals surface area (Å²) in [5.74, 6) is 1.59. The molecule has 1 heterocycles. The van der Waals surface area contributed by atoms with Crippen LogP contribution in [0.3, 0.4) is 0 Å². The minimum absolute atomic E-state index is 0.0661. The number of piperidine rings is 1. The van der Waals surface area contributed by atoms with Crippen molar-refractivity contribution in [3.05, 3.63) is 23.8 Å². The molecule has 1 aromatic rings. The van der Waals surface area contributed by atoms with Crippen molar-refractivity contribution in [3.63, 3.8) is 0 Å². The second-order valence-electron chi connectivity index (χ2n) is 6.69. The summed E-state index contributed by atoms with van der Waals surface area (Å²) in [5, 5.41) is 6.33. The van der Waals surface area contributed by atoms with Crippen LogP contribution in [0.4, 0.5) is 0 Å². The molecule has 1 saturated carbocycles. The van der Waals surface area contributed by atoms with Gasteiger partial charge in [-0.2, -0.15) is 0 Å². The summed E-state index contributed by atoms with van der Waals surface area (Å²) in [4.78, 5) is 12.3. The molecule has 1 atom stereocenters. The molecule has 1 aromatic carbocycles. The number of methoxy groups -OCH3 is 1. The Morgan fingerprint density at radius 2 is 2.00 bits per heavy atom. The van der Waals surface area contributed by atoms with Crippen LogP contribution < -0.4 is 20.1 Å². The Balaban J connectivity index is 1.66. The first-order valence-corrected chi connectivity index (χ1v) is 9.11. The molecule has 1 aliphatic carbocycles. The zero-order valence-electron chi connectivity index (χ0n) is 14.5. The van der Waals surface area contributed by atoms with Crippen molar-refractivity contribution >= 4 is 5.91 Å². The van der Waals surface area contributed by atoms with Crippen LogP contribution in [0.1, 0.15) is 50.5 Å². The maximum atomic E-state index is 12.3. The number of nitrogens with one attached hydrogen (secondary N) is 2. The van der Waals surface area contributed by atoms with Crippen LogP contribution in [0.2, 0.25) is 0 Å². The van der Waals surface area contributed by atoms with E-state index < -0.39 is 0 Å². The van der Waals surface area contributed by atoms with Crippen molar-refractivity contribution in [2.45, 2.75) is 63.6 Å². The Bertz CT molecular complexity index is 550. The first kappa shape index (κ1) is 17.1. The Kier molecular flexibility index (Phi) is 5.96. The number of rotatable bonds is 6. The predicted octanol–water partition coefficient (Wildman–Crippen LogP) is 2.77. The molecule has 0 spiro atoms. The Morgan fingerprint density at radius 3 is 2.71 bits per heavy atom. The van der Waals surface area contributed by atoms with Gasteiger partial charge in [0.25, 0.3) is 0 Å². The molecule has 1 amide bonds. The summed E-state index contributed by atoms with van der Waals surface area (Å²) >= 11 is 0. The number of amides is 1. The molecule has 2 N–H and O–H groups in total. The Hall–Kier alpha value is -1.75. The molecule has 0 aromatic heterocycles. The zero-order chi connectivity index (χ0) is 16.8. The van der Waals surface area contributed by atoms with Gasteiger partial charge in [0, 0.05) is 12.1 Å². The van der Waals surface area contributed by atoms with Gasteiger partial charge in [-0.1, -0.05) is 18.6 Å². The first-order valence-electron chi connectivity index (χ1n) is 9.11. The van der Waals surface area contributed by atoms with Crippen molar-refractivity contribution in [1.82, 2.24) is 10.6 Å². The average molecular weight is 332 g/mol. The monoisotopic (exact) mass is 332 g/mol. The van der Waals surface area contributed by atoms with E-state index in [0.29, 0.717) is 6.54 Å². The lowest BCUT2D eigenvalue weighted by molar-refractivity contribution is -0.123. The van der Waals surface area contributed by atoms with E-state index in [1.165, 1.54) is 12.8 Å². The second kappa shape index (κ2) is 8.38. The lowest BCUT2D eigenvalue weighted by Gasteiger charge is -2.23. The van der Waals surface area contributed by atoms with Crippen LogP contribution in [0, 0.1) is 0 Å². The molecule has 3 rings (SSSR count). The summed E-state index contributed by atoms with van der Waals surface area (Å²) in [6.45, 7) is 1.39. The summed E-state index contributed by atoms with van der Waals surface area (Å²) in [6, 6.07) is 5.80. The smallest absolute Gasteiger partial charge is 0.237 e. The minimum atomic E-state index is -0.0661. The van der Waals surface area contributed by atoms with Gasteiger partial charge in [0.15, 0.2) is 11.5 Å². The summed E-state index contributed by atoms with van der Waals surface area (Å²) in [6.07, 6.45) is 8.06. The second-order valence-corrected chi connectivity index (χ2v) is 6.69. The molecule has 24 heavy (non-hydrogen) atoms. The van der Waals surface area contributed by atoms with E-state index in [1.54, 1.807) is 7.11 Å². The highest BCUT2D eigenvalue weighted by Crippen LogP contribution is 2.34. The zero-order valence-corrected chi connectivity index (χ0v) is 14.5. The fourth-order valence-electron chi connectivity index (χ4n) is 3.55. The highest BCUT2D eigenvalue weighted by Gasteiger charge is 2.23. The SMILES string of the molecule is COc1cccc(CNC(=O)C2CCCCN2)c1OC1CCCC1. The van der Waals surface area contributed by atoms with Crippen LogP contribution in [0.15, 0.2) is 18.2 Å². The Labute approximate surface area is 144 Å². The molecule has 2 aliphatic rings. The van der Waals surface area contributed by atoms with Crippen molar-refractivity contribution in [2.75, 3.05) is 13.7 Å². The number of hydrogen-bond donors (Lipinski definition) is 2. The van der Waals surface area contributed by atoms with Gasteiger partial charge in [-0.25, -0.2) is 0 Å². The molecule has 5 heteroatoms. The highest BCUT2D eigenvalue weighted by molar-refractivity contribution is 5.81. The van der Waals surface area contributed by atoms with E-state index in [4.69, 9.17) is 9.47 Å². The van der Waals surface area contributed by atoms with Crippen LogP contribution in [0.25, 0.3) is 0 Å². The van der Waals surface area contributed by atoms with E-state index in [9.17, 15) is 4.79 Å². The number of hydrogen-bond acceptors (Lipinski definition) is 4. The molecule has 1 unspecified atom stereocenters. The van der Waals surface area contributed by atoms with Crippen LogP contribution in [-0.2, 0) is 11.3 Å². The quantitative estimate of drug-likeness (QED) is 0.841. The van der Waals surface area contributed by atoms with Gasteiger partial charge >= 0.3 is 0 Å². The van der Waals surface area contributed by atoms with Crippen molar-refractivity contribution in [2.24, 2.45) is 0 Å². The molecule has 1 saturated heterocycles. The Morgan fingerprint density at radius 1 is 1.21 bits per heavy atom. The molecular weight excluding hydrogens is 304 g/mol. The summed E-state index contributed by atoms with van der Waals surface area (Å²) in [5.41, 5.74) is 0.977. The molecular formula is C19H28N2O3. The fourth-order valence-corrected chi connectivity index (χ4v) is 3.55. The van der Waals surface area contributed by atoms with Crippen molar-refractivity contribution in [1.29, 1.82) is 0 Å². The van der Waals surface area contributed by atoms with Gasteiger partial charge < -0.3 is 20.1 Å². The van der Waals surface area contributed by atoms with Crippen LogP contribution >= 0.6 is 0 Å². The number of carbonyl (C=O) groups excluding carboxylic acids is 1. The average Bonchev–Trinajstić information content (AvgIpc) is 3.14. The number of ether oxygens (including phenoxy) is 2. The molecule has 2 fully saturated rings. The van der Waals surface area contributed by atoms with Gasteiger partial charge in [0.05, 0.1) is 19.3 Å². The summed E-state index contributed by atoms with van der Waals surface area (Å²) in [7, 11) is 1.66. The van der Waals surface area contributed by atoms with Gasteiger partial charge in [-0.05, 0) is 51.1 Å². The third kappa shape index (κ3) is 4.20. The highest BCUT2D eigenvalue weighted by atomic mass is 16.5. The largest absolute Gasteiger partial charge is 0.493 e. The van der Waals surface area contributed by atoms with Gasteiger partial charge in [0.1, 0.15) is 0 Å². The maximum absolute atomic E-state index is 12.3. The maximum Gasteiger partial charge on any atom is 0.237 e. The lowest BCUT2D eigenvalue weighted by atomic mass is 10.0. The summed E-state index contributed by atoms with van der Waals surface area (Å²) < 4.78 is 11.7. The van der Waals surface area contributed by atoms with Crippen molar-refractivity contribution < 1.29 is 14.3 Å². The van der Waals surface area contributed by atoms with E-state index in [1.807, 2.05) is 18.2 Å². The lowest BCUT2D eigenvalue weighted by Crippen LogP contribution is -2.46. The third-order valence-corrected chi connectivity index (χ3v) is 4.95. The normalized spacial score (nSPS) is 21.5. The molecule has 0 bridgehead atoms. The van der Waals surface area contributed by atoms with Crippen LogP contribution in [0.5, 0.6) is 11.5 Å². The van der Waals surface area contributed by atoms with E-state index in [2.05, 4.69) is 10.6 Å².